The van der Waals surface area contributed by atoms with Gasteiger partial charge < -0.3 is 10.4 Å². The molecule has 2 N–H and O–H groups in total. The molecule has 19 heavy (non-hydrogen) atoms. The molecule has 1 amide bonds. The number of carbonyl (C=O) groups excluding carboxylic acids is 1. The first kappa shape index (κ1) is 13.4. The van der Waals surface area contributed by atoms with Crippen LogP contribution < -0.4 is 5.32 Å². The van der Waals surface area contributed by atoms with Gasteiger partial charge in [-0.15, -0.1) is 11.6 Å². The maximum absolute atomic E-state index is 12.0. The first-order valence-electron chi connectivity index (χ1n) is 5.86. The van der Waals surface area contributed by atoms with Crippen LogP contribution >= 0.6 is 11.6 Å². The molecule has 0 spiro atoms. The minimum absolute atomic E-state index is 0.116. The van der Waals surface area contributed by atoms with E-state index < -0.39 is 0 Å². The van der Waals surface area contributed by atoms with Crippen molar-refractivity contribution in [2.45, 2.75) is 12.8 Å². The number of benzene rings is 2. The van der Waals surface area contributed by atoms with Crippen LogP contribution in [0.25, 0.3) is 0 Å². The van der Waals surface area contributed by atoms with Crippen molar-refractivity contribution in [2.75, 3.05) is 5.32 Å². The van der Waals surface area contributed by atoms with Crippen LogP contribution in [-0.2, 0) is 5.88 Å². The first-order valence-corrected chi connectivity index (χ1v) is 6.39. The summed E-state index contributed by atoms with van der Waals surface area (Å²) in [5.41, 5.74) is 2.85. The molecule has 0 saturated carbocycles. The number of phenols is 1. The summed E-state index contributed by atoms with van der Waals surface area (Å²) in [7, 11) is 0. The van der Waals surface area contributed by atoms with Gasteiger partial charge in [-0.1, -0.05) is 18.2 Å². The highest BCUT2D eigenvalue weighted by atomic mass is 35.5. The fourth-order valence-corrected chi connectivity index (χ4v) is 1.81. The van der Waals surface area contributed by atoms with Crippen LogP contribution in [0.15, 0.2) is 42.5 Å². The third-order valence-corrected chi connectivity index (χ3v) is 3.15. The molecule has 0 aliphatic rings. The highest BCUT2D eigenvalue weighted by Gasteiger charge is 2.08. The summed E-state index contributed by atoms with van der Waals surface area (Å²) in [4.78, 5) is 12.0. The first-order chi connectivity index (χ1) is 9.10. The van der Waals surface area contributed by atoms with Gasteiger partial charge in [0.2, 0.25) is 0 Å². The van der Waals surface area contributed by atoms with Crippen molar-refractivity contribution < 1.29 is 9.90 Å². The lowest BCUT2D eigenvalue weighted by Gasteiger charge is -2.07. The Labute approximate surface area is 116 Å². The van der Waals surface area contributed by atoms with Gasteiger partial charge >= 0.3 is 0 Å². The minimum Gasteiger partial charge on any atom is -0.508 e. The molecule has 2 aromatic carbocycles. The fourth-order valence-electron chi connectivity index (χ4n) is 1.63. The summed E-state index contributed by atoms with van der Waals surface area (Å²) in [5, 5.41) is 12.4. The summed E-state index contributed by atoms with van der Waals surface area (Å²) in [6, 6.07) is 12.1. The quantitative estimate of drug-likeness (QED) is 0.839. The number of aromatic hydroxyl groups is 1. The van der Waals surface area contributed by atoms with Gasteiger partial charge in [0.15, 0.2) is 0 Å². The molecule has 0 aliphatic heterocycles. The molecule has 0 atom stereocenters. The Morgan fingerprint density at radius 1 is 1.21 bits per heavy atom. The van der Waals surface area contributed by atoms with Crippen molar-refractivity contribution in [3.63, 3.8) is 0 Å². The summed E-state index contributed by atoms with van der Waals surface area (Å²) in [5.74, 6) is 0.305. The molecule has 0 unspecified atom stereocenters. The van der Waals surface area contributed by atoms with E-state index in [9.17, 15) is 9.90 Å². The lowest BCUT2D eigenvalue weighted by Crippen LogP contribution is -2.11. The van der Waals surface area contributed by atoms with Crippen LogP contribution in [0.2, 0.25) is 0 Å². The number of alkyl halides is 1. The SMILES string of the molecule is Cc1ccc(C(=O)Nc2ccc(CCl)cc2)cc1O. The summed E-state index contributed by atoms with van der Waals surface area (Å²) >= 11 is 5.70. The molecular weight excluding hydrogens is 262 g/mol. The Bertz CT molecular complexity index is 594. The zero-order valence-electron chi connectivity index (χ0n) is 10.5. The highest BCUT2D eigenvalue weighted by molar-refractivity contribution is 6.17. The Balaban J connectivity index is 2.13. The Morgan fingerprint density at radius 2 is 1.89 bits per heavy atom. The fraction of sp³-hybridized carbons (Fsp3) is 0.133. The number of halogens is 1. The maximum atomic E-state index is 12.0. The molecule has 0 radical (unpaired) electrons. The molecular formula is C15H14ClNO2. The minimum atomic E-state index is -0.256. The van der Waals surface area contributed by atoms with E-state index in [0.29, 0.717) is 17.1 Å². The number of amides is 1. The van der Waals surface area contributed by atoms with Gasteiger partial charge in [0.25, 0.3) is 5.91 Å². The lowest BCUT2D eigenvalue weighted by atomic mass is 10.1. The molecule has 4 heteroatoms. The second-order valence-electron chi connectivity index (χ2n) is 4.29. The van der Waals surface area contributed by atoms with Crippen LogP contribution in [0.5, 0.6) is 5.75 Å². The molecule has 0 saturated heterocycles. The number of hydrogen-bond donors (Lipinski definition) is 2. The zero-order chi connectivity index (χ0) is 13.8. The lowest BCUT2D eigenvalue weighted by molar-refractivity contribution is 0.102. The van der Waals surface area contributed by atoms with Crippen LogP contribution in [0.1, 0.15) is 21.5 Å². The van der Waals surface area contributed by atoms with E-state index >= 15 is 0 Å². The smallest absolute Gasteiger partial charge is 0.255 e. The third-order valence-electron chi connectivity index (χ3n) is 2.84. The van der Waals surface area contributed by atoms with Gasteiger partial charge in [-0.2, -0.15) is 0 Å². The van der Waals surface area contributed by atoms with E-state index in [0.717, 1.165) is 11.1 Å². The number of hydrogen-bond acceptors (Lipinski definition) is 2. The van der Waals surface area contributed by atoms with E-state index in [1.54, 1.807) is 31.2 Å². The van der Waals surface area contributed by atoms with E-state index in [4.69, 9.17) is 11.6 Å². The van der Waals surface area contributed by atoms with Crippen molar-refractivity contribution in [1.82, 2.24) is 0 Å². The average Bonchev–Trinajstić information content (AvgIpc) is 2.42. The van der Waals surface area contributed by atoms with Crippen molar-refractivity contribution in [1.29, 1.82) is 0 Å². The van der Waals surface area contributed by atoms with Gasteiger partial charge in [-0.05, 0) is 42.3 Å². The Hall–Kier alpha value is -2.00. The van der Waals surface area contributed by atoms with Crippen LogP contribution in [-0.4, -0.2) is 11.0 Å². The van der Waals surface area contributed by atoms with Crippen molar-refractivity contribution in [2.24, 2.45) is 0 Å². The topological polar surface area (TPSA) is 49.3 Å². The van der Waals surface area contributed by atoms with Crippen molar-refractivity contribution in [3.05, 3.63) is 59.2 Å². The Kier molecular flexibility index (Phi) is 4.07. The molecule has 2 rings (SSSR count). The standard InChI is InChI=1S/C15H14ClNO2/c1-10-2-5-12(8-14(10)18)15(19)17-13-6-3-11(9-16)4-7-13/h2-8,18H,9H2,1H3,(H,17,19). The largest absolute Gasteiger partial charge is 0.508 e. The number of rotatable bonds is 3. The molecule has 98 valence electrons. The van der Waals surface area contributed by atoms with Crippen molar-refractivity contribution >= 4 is 23.2 Å². The maximum Gasteiger partial charge on any atom is 0.255 e. The predicted molar refractivity (Wildman–Crippen MR) is 76.8 cm³/mol. The van der Waals surface area contributed by atoms with Gasteiger partial charge in [-0.3, -0.25) is 4.79 Å². The summed E-state index contributed by atoms with van der Waals surface area (Å²) in [6.07, 6.45) is 0. The van der Waals surface area contributed by atoms with Gasteiger partial charge in [0.05, 0.1) is 0 Å². The Morgan fingerprint density at radius 3 is 2.47 bits per heavy atom. The number of phenolic OH excluding ortho intramolecular Hbond substituents is 1. The highest BCUT2D eigenvalue weighted by Crippen LogP contribution is 2.19. The third kappa shape index (κ3) is 3.26. The van der Waals surface area contributed by atoms with E-state index in [2.05, 4.69) is 5.32 Å². The molecule has 0 aliphatic carbocycles. The second kappa shape index (κ2) is 5.76. The van der Waals surface area contributed by atoms with E-state index in [-0.39, 0.29) is 11.7 Å². The molecule has 3 nitrogen and oxygen atoms in total. The number of nitrogens with one attached hydrogen (secondary N) is 1. The van der Waals surface area contributed by atoms with Crippen molar-refractivity contribution in [3.8, 4) is 5.75 Å². The zero-order valence-corrected chi connectivity index (χ0v) is 11.2. The van der Waals surface area contributed by atoms with E-state index in [1.165, 1.54) is 6.07 Å². The predicted octanol–water partition coefficient (Wildman–Crippen LogP) is 3.69. The van der Waals surface area contributed by atoms with Gasteiger partial charge in [0.1, 0.15) is 5.75 Å². The molecule has 2 aromatic rings. The molecule has 0 fully saturated rings. The molecule has 0 heterocycles. The average molecular weight is 276 g/mol. The summed E-state index contributed by atoms with van der Waals surface area (Å²) < 4.78 is 0. The van der Waals surface area contributed by atoms with Crippen LogP contribution in [0, 0.1) is 6.92 Å². The number of carbonyl (C=O) groups is 1. The van der Waals surface area contributed by atoms with E-state index in [1.807, 2.05) is 12.1 Å². The normalized spacial score (nSPS) is 10.2. The van der Waals surface area contributed by atoms with Gasteiger partial charge in [0, 0.05) is 17.1 Å². The summed E-state index contributed by atoms with van der Waals surface area (Å²) in [6.45, 7) is 1.78. The number of aryl methyl sites for hydroxylation is 1. The number of anilines is 1. The van der Waals surface area contributed by atoms with Crippen LogP contribution in [0.3, 0.4) is 0 Å². The molecule has 0 aromatic heterocycles. The second-order valence-corrected chi connectivity index (χ2v) is 4.55. The van der Waals surface area contributed by atoms with Gasteiger partial charge in [-0.25, -0.2) is 0 Å². The monoisotopic (exact) mass is 275 g/mol. The molecule has 0 bridgehead atoms. The van der Waals surface area contributed by atoms with Crippen LogP contribution in [0.4, 0.5) is 5.69 Å².